The number of likely N-dealkylation sites (N-methyl/N-ethyl adjacent to an activating group) is 1. The van der Waals surface area contributed by atoms with Gasteiger partial charge in [-0.05, 0) is 62.0 Å². The zero-order chi connectivity index (χ0) is 23.3. The molecule has 7 heteroatoms. The Bertz CT molecular complexity index is 982. The SMILES string of the molecule is CCOc1ccc(C2C(=C(O)c3ccc(Cl)cc3)C(=O)C(=O)N2CCN(CC)CC)cc1. The molecule has 2 aromatic carbocycles. The number of ether oxygens (including phenoxy) is 1. The molecule has 0 spiro atoms. The number of Topliss-reactive ketones (excluding diaryl/α,β-unsaturated/α-hetero) is 1. The summed E-state index contributed by atoms with van der Waals surface area (Å²) in [6, 6.07) is 13.2. The second kappa shape index (κ2) is 10.7. The average molecular weight is 457 g/mol. The molecule has 0 saturated carbocycles. The van der Waals surface area contributed by atoms with E-state index in [2.05, 4.69) is 18.7 Å². The Balaban J connectivity index is 2.06. The van der Waals surface area contributed by atoms with Crippen LogP contribution in [0.25, 0.3) is 5.76 Å². The van der Waals surface area contributed by atoms with Crippen LogP contribution in [0.1, 0.15) is 37.9 Å². The molecule has 170 valence electrons. The minimum atomic E-state index is -0.684. The summed E-state index contributed by atoms with van der Waals surface area (Å²) in [6.45, 7) is 9.26. The predicted octanol–water partition coefficient (Wildman–Crippen LogP) is 4.50. The number of aliphatic hydroxyl groups excluding tert-OH is 1. The number of ketones is 1. The van der Waals surface area contributed by atoms with Crippen LogP contribution in [-0.2, 0) is 9.59 Å². The molecule has 0 aliphatic carbocycles. The fraction of sp³-hybridized carbons (Fsp3) is 0.360. The maximum Gasteiger partial charge on any atom is 0.295 e. The number of aliphatic hydroxyl groups is 1. The van der Waals surface area contributed by atoms with Crippen LogP contribution >= 0.6 is 11.6 Å². The Kier molecular flexibility index (Phi) is 7.94. The van der Waals surface area contributed by atoms with E-state index in [0.29, 0.717) is 36.0 Å². The first kappa shape index (κ1) is 23.8. The number of benzene rings is 2. The molecule has 6 nitrogen and oxygen atoms in total. The van der Waals surface area contributed by atoms with Crippen molar-refractivity contribution < 1.29 is 19.4 Å². The maximum absolute atomic E-state index is 13.1. The maximum atomic E-state index is 13.1. The van der Waals surface area contributed by atoms with Gasteiger partial charge in [0.05, 0.1) is 18.2 Å². The second-order valence-electron chi connectivity index (χ2n) is 7.53. The van der Waals surface area contributed by atoms with Gasteiger partial charge in [0.25, 0.3) is 11.7 Å². The molecule has 1 aliphatic heterocycles. The highest BCUT2D eigenvalue weighted by Crippen LogP contribution is 2.39. The molecule has 0 radical (unpaired) electrons. The third kappa shape index (κ3) is 4.97. The first-order valence-corrected chi connectivity index (χ1v) is 11.3. The largest absolute Gasteiger partial charge is 0.507 e. The number of hydrogen-bond acceptors (Lipinski definition) is 5. The van der Waals surface area contributed by atoms with Gasteiger partial charge in [0.1, 0.15) is 11.5 Å². The van der Waals surface area contributed by atoms with Crippen LogP contribution in [0.15, 0.2) is 54.1 Å². The number of carbonyl (C=O) groups is 2. The molecular weight excluding hydrogens is 428 g/mol. The Morgan fingerprint density at radius 2 is 1.66 bits per heavy atom. The summed E-state index contributed by atoms with van der Waals surface area (Å²) >= 11 is 5.97. The quantitative estimate of drug-likeness (QED) is 0.341. The minimum absolute atomic E-state index is 0.0843. The summed E-state index contributed by atoms with van der Waals surface area (Å²) in [5.41, 5.74) is 1.26. The van der Waals surface area contributed by atoms with Crippen molar-refractivity contribution in [2.75, 3.05) is 32.8 Å². The summed E-state index contributed by atoms with van der Waals surface area (Å²) in [5, 5.41) is 11.6. The van der Waals surface area contributed by atoms with E-state index in [9.17, 15) is 14.7 Å². The van der Waals surface area contributed by atoms with Crippen molar-refractivity contribution in [3.63, 3.8) is 0 Å². The molecule has 1 amide bonds. The van der Waals surface area contributed by atoms with Crippen molar-refractivity contribution in [1.82, 2.24) is 9.80 Å². The molecule has 1 heterocycles. The van der Waals surface area contributed by atoms with E-state index in [0.717, 1.165) is 18.7 Å². The number of carbonyl (C=O) groups excluding carboxylic acids is 2. The lowest BCUT2D eigenvalue weighted by molar-refractivity contribution is -0.140. The molecule has 1 aliphatic rings. The van der Waals surface area contributed by atoms with Crippen LogP contribution in [0.3, 0.4) is 0 Å². The van der Waals surface area contributed by atoms with Crippen molar-refractivity contribution in [3.8, 4) is 5.75 Å². The van der Waals surface area contributed by atoms with Gasteiger partial charge in [0.15, 0.2) is 0 Å². The number of halogens is 1. The lowest BCUT2D eigenvalue weighted by Gasteiger charge is -2.28. The molecule has 32 heavy (non-hydrogen) atoms. The molecule has 0 bridgehead atoms. The summed E-state index contributed by atoms with van der Waals surface area (Å²) < 4.78 is 5.53. The van der Waals surface area contributed by atoms with Gasteiger partial charge in [-0.1, -0.05) is 37.6 Å². The molecular formula is C25H29ClN2O4. The zero-order valence-electron chi connectivity index (χ0n) is 18.7. The van der Waals surface area contributed by atoms with Crippen molar-refractivity contribution >= 4 is 29.1 Å². The van der Waals surface area contributed by atoms with Gasteiger partial charge in [0, 0.05) is 23.7 Å². The van der Waals surface area contributed by atoms with E-state index >= 15 is 0 Å². The highest BCUT2D eigenvalue weighted by atomic mass is 35.5. The number of hydrogen-bond donors (Lipinski definition) is 1. The molecule has 1 unspecified atom stereocenters. The van der Waals surface area contributed by atoms with Crippen LogP contribution in [-0.4, -0.2) is 59.4 Å². The predicted molar refractivity (Wildman–Crippen MR) is 126 cm³/mol. The molecule has 0 aromatic heterocycles. The third-order valence-corrected chi connectivity index (χ3v) is 5.97. The Morgan fingerprint density at radius 1 is 1.03 bits per heavy atom. The van der Waals surface area contributed by atoms with Crippen LogP contribution in [0.2, 0.25) is 5.02 Å². The smallest absolute Gasteiger partial charge is 0.295 e. The van der Waals surface area contributed by atoms with Gasteiger partial charge >= 0.3 is 0 Å². The highest BCUT2D eigenvalue weighted by molar-refractivity contribution is 6.46. The van der Waals surface area contributed by atoms with E-state index in [4.69, 9.17) is 16.3 Å². The highest BCUT2D eigenvalue weighted by Gasteiger charge is 2.45. The van der Waals surface area contributed by atoms with Gasteiger partial charge in [-0.25, -0.2) is 0 Å². The summed E-state index contributed by atoms with van der Waals surface area (Å²) in [5.74, 6) is -0.791. The Hall–Kier alpha value is -2.83. The lowest BCUT2D eigenvalue weighted by atomic mass is 9.95. The summed E-state index contributed by atoms with van der Waals surface area (Å²) in [4.78, 5) is 29.8. The molecule has 3 rings (SSSR count). The fourth-order valence-corrected chi connectivity index (χ4v) is 4.05. The standard InChI is InChI=1S/C25H29ClN2O4/c1-4-27(5-2)15-16-28-22(17-9-13-20(14-10-17)32-6-3)21(24(30)25(28)31)23(29)18-7-11-19(26)12-8-18/h7-14,22,29H,4-6,15-16H2,1-3H3. The zero-order valence-corrected chi connectivity index (χ0v) is 19.4. The number of amides is 1. The molecule has 1 saturated heterocycles. The molecule has 2 aromatic rings. The van der Waals surface area contributed by atoms with Gasteiger partial charge in [-0.3, -0.25) is 9.59 Å². The molecule has 1 fully saturated rings. The first-order valence-electron chi connectivity index (χ1n) is 10.9. The van der Waals surface area contributed by atoms with E-state index in [1.165, 1.54) is 0 Å². The molecule has 1 N–H and O–H groups in total. The van der Waals surface area contributed by atoms with Crippen molar-refractivity contribution in [1.29, 1.82) is 0 Å². The van der Waals surface area contributed by atoms with Crippen molar-refractivity contribution in [2.45, 2.75) is 26.8 Å². The average Bonchev–Trinajstić information content (AvgIpc) is 3.05. The number of likely N-dealkylation sites (tertiary alicyclic amines) is 1. The fourth-order valence-electron chi connectivity index (χ4n) is 3.92. The van der Waals surface area contributed by atoms with Crippen LogP contribution in [0, 0.1) is 0 Å². The Labute approximate surface area is 194 Å². The van der Waals surface area contributed by atoms with Gasteiger partial charge in [-0.15, -0.1) is 0 Å². The van der Waals surface area contributed by atoms with Crippen molar-refractivity contribution in [2.24, 2.45) is 0 Å². The number of nitrogens with zero attached hydrogens (tertiary/aromatic N) is 2. The van der Waals surface area contributed by atoms with Crippen LogP contribution < -0.4 is 4.74 Å². The summed E-state index contributed by atoms with van der Waals surface area (Å²) in [6.07, 6.45) is 0. The third-order valence-electron chi connectivity index (χ3n) is 5.72. The van der Waals surface area contributed by atoms with E-state index in [1.807, 2.05) is 31.2 Å². The van der Waals surface area contributed by atoms with E-state index < -0.39 is 17.7 Å². The summed E-state index contributed by atoms with van der Waals surface area (Å²) in [7, 11) is 0. The Morgan fingerprint density at radius 3 is 2.22 bits per heavy atom. The minimum Gasteiger partial charge on any atom is -0.507 e. The monoisotopic (exact) mass is 456 g/mol. The normalized spacial score (nSPS) is 17.9. The molecule has 1 atom stereocenters. The van der Waals surface area contributed by atoms with Crippen molar-refractivity contribution in [3.05, 3.63) is 70.3 Å². The number of rotatable bonds is 9. The lowest BCUT2D eigenvalue weighted by Crippen LogP contribution is -2.38. The van der Waals surface area contributed by atoms with Crippen LogP contribution in [0.5, 0.6) is 5.75 Å². The van der Waals surface area contributed by atoms with Gasteiger partial charge < -0.3 is 19.6 Å². The van der Waals surface area contributed by atoms with E-state index in [1.54, 1.807) is 29.2 Å². The van der Waals surface area contributed by atoms with E-state index in [-0.39, 0.29) is 11.3 Å². The van der Waals surface area contributed by atoms with Crippen LogP contribution in [0.4, 0.5) is 0 Å². The topological polar surface area (TPSA) is 70.1 Å². The van der Waals surface area contributed by atoms with Gasteiger partial charge in [-0.2, -0.15) is 0 Å². The first-order chi connectivity index (χ1) is 15.4. The van der Waals surface area contributed by atoms with Gasteiger partial charge in [0.2, 0.25) is 0 Å². The second-order valence-corrected chi connectivity index (χ2v) is 7.96.